The summed E-state index contributed by atoms with van der Waals surface area (Å²) in [5.74, 6) is -1.61. The summed E-state index contributed by atoms with van der Waals surface area (Å²) in [5.41, 5.74) is 1.48. The third-order valence-corrected chi connectivity index (χ3v) is 7.57. The number of hydrogen-bond donors (Lipinski definition) is 1. The number of ether oxygens (including phenoxy) is 1. The lowest BCUT2D eigenvalue weighted by molar-refractivity contribution is 0.0362. The monoisotopic (exact) mass is 460 g/mol. The highest BCUT2D eigenvalue weighted by molar-refractivity contribution is 7.18. The van der Waals surface area contributed by atoms with Gasteiger partial charge in [0.2, 0.25) is 0 Å². The van der Waals surface area contributed by atoms with Crippen LogP contribution >= 0.6 is 11.3 Å². The van der Waals surface area contributed by atoms with Crippen molar-refractivity contribution < 1.29 is 13.5 Å². The predicted molar refractivity (Wildman–Crippen MR) is 120 cm³/mol. The van der Waals surface area contributed by atoms with Gasteiger partial charge in [0.15, 0.2) is 11.6 Å². The Bertz CT molecular complexity index is 1170. The van der Waals surface area contributed by atoms with Gasteiger partial charge in [-0.2, -0.15) is 0 Å². The standard InChI is InChI=1S/C23H26F2N4O2S/c24-18-3-1-2-15(21(18)25)13-26-16-4-5-17-19(12-16)32-22-20(17)23(30)29(14-27-22)7-6-28-8-10-31-11-9-28/h1-3,14,16,26H,4-13H2. The molecule has 0 spiro atoms. The topological polar surface area (TPSA) is 59.4 Å². The number of halogens is 2. The van der Waals surface area contributed by atoms with Crippen molar-refractivity contribution in [2.45, 2.75) is 38.4 Å². The van der Waals surface area contributed by atoms with Crippen molar-refractivity contribution in [3.8, 4) is 0 Å². The lowest BCUT2D eigenvalue weighted by atomic mass is 9.93. The van der Waals surface area contributed by atoms with Crippen LogP contribution in [0.3, 0.4) is 0 Å². The zero-order chi connectivity index (χ0) is 22.1. The van der Waals surface area contributed by atoms with Crippen molar-refractivity contribution in [3.05, 3.63) is 62.5 Å². The average molecular weight is 461 g/mol. The van der Waals surface area contributed by atoms with E-state index in [0.717, 1.165) is 74.0 Å². The van der Waals surface area contributed by atoms with Gasteiger partial charge in [-0.15, -0.1) is 11.3 Å². The summed E-state index contributed by atoms with van der Waals surface area (Å²) in [4.78, 5) is 22.0. The molecule has 2 aliphatic rings. The van der Waals surface area contributed by atoms with Crippen LogP contribution in [0, 0.1) is 11.6 Å². The molecule has 1 aliphatic carbocycles. The smallest absolute Gasteiger partial charge is 0.262 e. The van der Waals surface area contributed by atoms with E-state index in [1.54, 1.807) is 28.3 Å². The molecule has 1 fully saturated rings. The van der Waals surface area contributed by atoms with Gasteiger partial charge in [-0.25, -0.2) is 13.8 Å². The molecule has 170 valence electrons. The first-order valence-electron chi connectivity index (χ1n) is 11.1. The number of nitrogens with zero attached hydrogens (tertiary/aromatic N) is 3. The van der Waals surface area contributed by atoms with Crippen LogP contribution in [-0.2, 0) is 30.7 Å². The number of aryl methyl sites for hydroxylation is 1. The van der Waals surface area contributed by atoms with E-state index in [1.807, 2.05) is 0 Å². The van der Waals surface area contributed by atoms with E-state index >= 15 is 0 Å². The summed E-state index contributed by atoms with van der Waals surface area (Å²) in [5, 5.41) is 4.11. The number of aromatic nitrogens is 2. The Morgan fingerprint density at radius 2 is 2.06 bits per heavy atom. The number of morpholine rings is 1. The van der Waals surface area contributed by atoms with Crippen LogP contribution in [0.1, 0.15) is 22.4 Å². The second kappa shape index (κ2) is 9.35. The van der Waals surface area contributed by atoms with E-state index in [9.17, 15) is 13.6 Å². The summed E-state index contributed by atoms with van der Waals surface area (Å²) >= 11 is 1.57. The minimum absolute atomic E-state index is 0.0361. The molecule has 2 aromatic heterocycles. The van der Waals surface area contributed by atoms with Gasteiger partial charge in [0, 0.05) is 49.2 Å². The second-order valence-electron chi connectivity index (χ2n) is 8.41. The van der Waals surface area contributed by atoms with Gasteiger partial charge in [-0.1, -0.05) is 12.1 Å². The first-order chi connectivity index (χ1) is 15.6. The number of nitrogens with one attached hydrogen (secondary N) is 1. The Hall–Kier alpha value is -2.20. The summed E-state index contributed by atoms with van der Waals surface area (Å²) in [6.45, 7) is 4.98. The van der Waals surface area contributed by atoms with Crippen molar-refractivity contribution in [3.63, 3.8) is 0 Å². The fourth-order valence-electron chi connectivity index (χ4n) is 4.55. The maximum absolute atomic E-state index is 13.9. The normalized spacial score (nSPS) is 19.4. The molecule has 0 radical (unpaired) electrons. The zero-order valence-electron chi connectivity index (χ0n) is 17.8. The van der Waals surface area contributed by atoms with Gasteiger partial charge in [-0.3, -0.25) is 14.3 Å². The molecule has 0 amide bonds. The minimum Gasteiger partial charge on any atom is -0.379 e. The lowest BCUT2D eigenvalue weighted by Gasteiger charge is -2.26. The highest BCUT2D eigenvalue weighted by Crippen LogP contribution is 2.33. The van der Waals surface area contributed by atoms with Crippen LogP contribution in [-0.4, -0.2) is 53.3 Å². The Morgan fingerprint density at radius 3 is 2.91 bits per heavy atom. The molecule has 6 nitrogen and oxygen atoms in total. The van der Waals surface area contributed by atoms with Crippen LogP contribution in [0.2, 0.25) is 0 Å². The molecule has 1 N–H and O–H groups in total. The van der Waals surface area contributed by atoms with Crippen LogP contribution in [0.5, 0.6) is 0 Å². The molecule has 1 atom stereocenters. The molecule has 1 unspecified atom stereocenters. The van der Waals surface area contributed by atoms with Gasteiger partial charge in [-0.05, 0) is 30.9 Å². The maximum atomic E-state index is 13.9. The number of fused-ring (bicyclic) bond motifs is 3. The van der Waals surface area contributed by atoms with E-state index in [2.05, 4.69) is 15.2 Å². The highest BCUT2D eigenvalue weighted by Gasteiger charge is 2.25. The fourth-order valence-corrected chi connectivity index (χ4v) is 5.81. The van der Waals surface area contributed by atoms with Crippen molar-refractivity contribution >= 4 is 21.6 Å². The molecule has 1 aliphatic heterocycles. The average Bonchev–Trinajstić information content (AvgIpc) is 3.19. The lowest BCUT2D eigenvalue weighted by Crippen LogP contribution is -2.39. The molecule has 3 heterocycles. The third kappa shape index (κ3) is 4.34. The Labute approximate surface area is 188 Å². The first kappa shape index (κ1) is 21.6. The molecule has 9 heteroatoms. The predicted octanol–water partition coefficient (Wildman–Crippen LogP) is 2.72. The number of thiophene rings is 1. The SMILES string of the molecule is O=c1c2c3c(sc2ncn1CCN1CCOCC1)CC(NCc1cccc(F)c1F)CC3. The quantitative estimate of drug-likeness (QED) is 0.613. The van der Waals surface area contributed by atoms with Crippen LogP contribution < -0.4 is 10.9 Å². The van der Waals surface area contributed by atoms with Crippen molar-refractivity contribution in [1.82, 2.24) is 19.8 Å². The summed E-state index contributed by atoms with van der Waals surface area (Å²) in [6.07, 6.45) is 4.05. The van der Waals surface area contributed by atoms with E-state index in [1.165, 1.54) is 10.9 Å². The Balaban J connectivity index is 1.29. The number of benzene rings is 1. The number of rotatable bonds is 6. The van der Waals surface area contributed by atoms with Crippen LogP contribution in [0.4, 0.5) is 8.78 Å². The molecule has 1 aromatic carbocycles. The van der Waals surface area contributed by atoms with E-state index in [0.29, 0.717) is 12.1 Å². The summed E-state index contributed by atoms with van der Waals surface area (Å²) < 4.78 is 34.5. The summed E-state index contributed by atoms with van der Waals surface area (Å²) in [6, 6.07) is 4.41. The largest absolute Gasteiger partial charge is 0.379 e. The fraction of sp³-hybridized carbons (Fsp3) is 0.478. The van der Waals surface area contributed by atoms with Gasteiger partial charge in [0.05, 0.1) is 24.9 Å². The molecule has 3 aromatic rings. The van der Waals surface area contributed by atoms with Gasteiger partial charge < -0.3 is 10.1 Å². The molecule has 1 saturated heterocycles. The molecule has 0 bridgehead atoms. The van der Waals surface area contributed by atoms with E-state index in [4.69, 9.17) is 4.74 Å². The molecular weight excluding hydrogens is 434 g/mol. The second-order valence-corrected chi connectivity index (χ2v) is 9.50. The van der Waals surface area contributed by atoms with Gasteiger partial charge >= 0.3 is 0 Å². The van der Waals surface area contributed by atoms with Crippen LogP contribution in [0.15, 0.2) is 29.3 Å². The van der Waals surface area contributed by atoms with Crippen LogP contribution in [0.25, 0.3) is 10.2 Å². The van der Waals surface area contributed by atoms with E-state index in [-0.39, 0.29) is 18.1 Å². The molecule has 0 saturated carbocycles. The number of hydrogen-bond acceptors (Lipinski definition) is 6. The first-order valence-corrected chi connectivity index (χ1v) is 11.9. The maximum Gasteiger partial charge on any atom is 0.262 e. The Kier molecular flexibility index (Phi) is 6.32. The highest BCUT2D eigenvalue weighted by atomic mass is 32.1. The molecule has 5 rings (SSSR count). The van der Waals surface area contributed by atoms with Gasteiger partial charge in [0.25, 0.3) is 5.56 Å². The Morgan fingerprint density at radius 1 is 1.22 bits per heavy atom. The third-order valence-electron chi connectivity index (χ3n) is 6.41. The van der Waals surface area contributed by atoms with Gasteiger partial charge in [0.1, 0.15) is 4.83 Å². The molecule has 32 heavy (non-hydrogen) atoms. The summed E-state index contributed by atoms with van der Waals surface area (Å²) in [7, 11) is 0. The van der Waals surface area contributed by atoms with Crippen molar-refractivity contribution in [2.24, 2.45) is 0 Å². The zero-order valence-corrected chi connectivity index (χ0v) is 18.6. The van der Waals surface area contributed by atoms with Crippen molar-refractivity contribution in [1.29, 1.82) is 0 Å². The van der Waals surface area contributed by atoms with Crippen molar-refractivity contribution in [2.75, 3.05) is 32.8 Å². The van der Waals surface area contributed by atoms with E-state index < -0.39 is 11.6 Å². The molecular formula is C23H26F2N4O2S. The minimum atomic E-state index is -0.823.